The average Bonchev–Trinajstić information content (AvgIpc) is 3.20. The molecule has 2 amide bonds. The molecule has 3 aromatic rings. The quantitative estimate of drug-likeness (QED) is 0.367. The van der Waals surface area contributed by atoms with Crippen molar-refractivity contribution in [1.29, 1.82) is 5.26 Å². The number of hydrogen-bond acceptors (Lipinski definition) is 5. The molecular weight excluding hydrogens is 486 g/mol. The molecule has 1 heterocycles. The summed E-state index contributed by atoms with van der Waals surface area (Å²) in [6, 6.07) is 10.5. The van der Waals surface area contributed by atoms with Crippen LogP contribution in [0.4, 0.5) is 4.39 Å². The number of nitriles is 1. The van der Waals surface area contributed by atoms with Crippen molar-refractivity contribution in [1.82, 2.24) is 15.6 Å². The van der Waals surface area contributed by atoms with Gasteiger partial charge in [-0.15, -0.1) is 0 Å². The Bertz CT molecular complexity index is 1290. The van der Waals surface area contributed by atoms with Crippen molar-refractivity contribution in [2.45, 2.75) is 13.5 Å². The first kappa shape index (κ1) is 25.1. The second-order valence-corrected chi connectivity index (χ2v) is 7.99. The highest BCUT2D eigenvalue weighted by Crippen LogP contribution is 2.35. The molecule has 0 unspecified atom stereocenters. The number of aryl methyl sites for hydroxylation is 1. The van der Waals surface area contributed by atoms with Gasteiger partial charge in [0.05, 0.1) is 23.3 Å². The standard InChI is InChI=1S/C23H19Cl2FN4O4/c1-12-6-18(22(32)28-4-5-31)30-20(12)23(33)29-11-14-2-3-17(25)21(19(14)26)34-16-8-13(10-27)7-15(24)9-16/h2-3,6-9,30-31H,4-5,11H2,1H3,(H,28,32)(H,29,33). The van der Waals surface area contributed by atoms with Crippen molar-refractivity contribution >= 4 is 35.0 Å². The van der Waals surface area contributed by atoms with E-state index in [4.69, 9.17) is 38.3 Å². The highest BCUT2D eigenvalue weighted by atomic mass is 35.5. The summed E-state index contributed by atoms with van der Waals surface area (Å²) < 4.78 is 20.7. The van der Waals surface area contributed by atoms with Crippen LogP contribution in [-0.2, 0) is 6.54 Å². The zero-order valence-corrected chi connectivity index (χ0v) is 19.4. The topological polar surface area (TPSA) is 127 Å². The van der Waals surface area contributed by atoms with Crippen molar-refractivity contribution in [3.63, 3.8) is 0 Å². The number of carbonyl (C=O) groups excluding carboxylic acids is 2. The average molecular weight is 505 g/mol. The number of benzene rings is 2. The zero-order valence-electron chi connectivity index (χ0n) is 17.8. The van der Waals surface area contributed by atoms with Gasteiger partial charge >= 0.3 is 0 Å². The number of nitrogens with zero attached hydrogens (tertiary/aromatic N) is 1. The van der Waals surface area contributed by atoms with Crippen LogP contribution in [0.5, 0.6) is 11.5 Å². The Morgan fingerprint density at radius 1 is 1.18 bits per heavy atom. The number of carbonyl (C=O) groups is 2. The lowest BCUT2D eigenvalue weighted by Crippen LogP contribution is -2.27. The molecule has 11 heteroatoms. The maximum Gasteiger partial charge on any atom is 0.268 e. The monoisotopic (exact) mass is 504 g/mol. The SMILES string of the molecule is Cc1cc(C(=O)NCCO)[nH]c1C(=O)NCc1ccc(Cl)c(Oc2cc(Cl)cc(C#N)c2)c1F. The number of aromatic amines is 1. The fourth-order valence-corrected chi connectivity index (χ4v) is 3.46. The molecule has 0 saturated heterocycles. The van der Waals surface area contributed by atoms with Crippen LogP contribution in [0.2, 0.25) is 10.0 Å². The van der Waals surface area contributed by atoms with Crippen molar-refractivity contribution in [2.75, 3.05) is 13.2 Å². The largest absolute Gasteiger partial charge is 0.453 e. The first-order chi connectivity index (χ1) is 16.2. The van der Waals surface area contributed by atoms with Gasteiger partial charge in [-0.05, 0) is 42.8 Å². The number of ether oxygens (including phenoxy) is 1. The minimum Gasteiger partial charge on any atom is -0.453 e. The molecule has 0 bridgehead atoms. The third-order valence-corrected chi connectivity index (χ3v) is 5.19. The van der Waals surface area contributed by atoms with E-state index in [0.29, 0.717) is 5.56 Å². The Morgan fingerprint density at radius 2 is 1.94 bits per heavy atom. The van der Waals surface area contributed by atoms with Gasteiger partial charge in [-0.25, -0.2) is 4.39 Å². The van der Waals surface area contributed by atoms with E-state index in [-0.39, 0.29) is 63.8 Å². The summed E-state index contributed by atoms with van der Waals surface area (Å²) >= 11 is 12.1. The van der Waals surface area contributed by atoms with Crippen LogP contribution in [0.15, 0.2) is 36.4 Å². The summed E-state index contributed by atoms with van der Waals surface area (Å²) in [7, 11) is 0. The molecule has 4 N–H and O–H groups in total. The summed E-state index contributed by atoms with van der Waals surface area (Å²) in [6.07, 6.45) is 0. The Labute approximate surface area is 204 Å². The van der Waals surface area contributed by atoms with E-state index in [1.54, 1.807) is 6.92 Å². The predicted molar refractivity (Wildman–Crippen MR) is 124 cm³/mol. The van der Waals surface area contributed by atoms with Crippen molar-refractivity contribution in [3.05, 3.63) is 80.3 Å². The molecule has 2 aromatic carbocycles. The smallest absolute Gasteiger partial charge is 0.268 e. The Morgan fingerprint density at radius 3 is 2.65 bits per heavy atom. The molecule has 0 radical (unpaired) electrons. The first-order valence-electron chi connectivity index (χ1n) is 9.95. The zero-order chi connectivity index (χ0) is 24.8. The number of halogens is 3. The maximum atomic E-state index is 15.1. The molecule has 34 heavy (non-hydrogen) atoms. The van der Waals surface area contributed by atoms with Gasteiger partial charge in [0.2, 0.25) is 0 Å². The Kier molecular flexibility index (Phi) is 8.12. The molecule has 0 aliphatic rings. The molecule has 0 fully saturated rings. The van der Waals surface area contributed by atoms with Crippen LogP contribution in [0, 0.1) is 24.1 Å². The molecule has 8 nitrogen and oxygen atoms in total. The van der Waals surface area contributed by atoms with Gasteiger partial charge in [-0.1, -0.05) is 29.3 Å². The van der Waals surface area contributed by atoms with Crippen LogP contribution in [0.1, 0.15) is 37.7 Å². The maximum absolute atomic E-state index is 15.1. The van der Waals surface area contributed by atoms with Gasteiger partial charge in [0.15, 0.2) is 11.6 Å². The lowest BCUT2D eigenvalue weighted by Gasteiger charge is -2.13. The molecule has 3 rings (SSSR count). The fourth-order valence-electron chi connectivity index (χ4n) is 3.05. The van der Waals surface area contributed by atoms with Crippen LogP contribution in [-0.4, -0.2) is 35.1 Å². The summed E-state index contributed by atoms with van der Waals surface area (Å²) in [5.41, 5.74) is 1.14. The van der Waals surface area contributed by atoms with E-state index in [9.17, 15) is 9.59 Å². The fraction of sp³-hybridized carbons (Fsp3) is 0.174. The number of amides is 2. The highest BCUT2D eigenvalue weighted by Gasteiger charge is 2.19. The van der Waals surface area contributed by atoms with E-state index in [1.165, 1.54) is 36.4 Å². The molecule has 0 aliphatic heterocycles. The lowest BCUT2D eigenvalue weighted by molar-refractivity contribution is 0.0939. The Hall–Kier alpha value is -3.58. The van der Waals surface area contributed by atoms with Crippen LogP contribution >= 0.6 is 23.2 Å². The molecule has 0 spiro atoms. The number of aliphatic hydroxyl groups excluding tert-OH is 1. The van der Waals surface area contributed by atoms with Gasteiger partial charge < -0.3 is 25.5 Å². The molecule has 0 atom stereocenters. The highest BCUT2D eigenvalue weighted by molar-refractivity contribution is 6.32. The van der Waals surface area contributed by atoms with Crippen molar-refractivity contribution in [3.8, 4) is 17.6 Å². The van der Waals surface area contributed by atoms with Gasteiger partial charge in [0, 0.05) is 23.7 Å². The normalized spacial score (nSPS) is 10.5. The summed E-state index contributed by atoms with van der Waals surface area (Å²) in [5.74, 6) is -1.97. The van der Waals surface area contributed by atoms with Gasteiger partial charge in [-0.2, -0.15) is 5.26 Å². The van der Waals surface area contributed by atoms with Crippen molar-refractivity contribution < 1.29 is 23.8 Å². The lowest BCUT2D eigenvalue weighted by atomic mass is 10.1. The summed E-state index contributed by atoms with van der Waals surface area (Å²) in [6.45, 7) is 1.31. The van der Waals surface area contributed by atoms with Gasteiger partial charge in [0.1, 0.15) is 17.1 Å². The summed E-state index contributed by atoms with van der Waals surface area (Å²) in [5, 5.41) is 23.2. The molecule has 0 saturated carbocycles. The Balaban J connectivity index is 1.75. The minimum absolute atomic E-state index is 0.00944. The van der Waals surface area contributed by atoms with E-state index in [1.807, 2.05) is 6.07 Å². The second kappa shape index (κ2) is 11.0. The first-order valence-corrected chi connectivity index (χ1v) is 10.7. The van der Waals surface area contributed by atoms with Gasteiger partial charge in [0.25, 0.3) is 11.8 Å². The third kappa shape index (κ3) is 5.85. The van der Waals surface area contributed by atoms with E-state index < -0.39 is 17.6 Å². The summed E-state index contributed by atoms with van der Waals surface area (Å²) in [4.78, 5) is 27.3. The number of rotatable bonds is 8. The van der Waals surface area contributed by atoms with Gasteiger partial charge in [-0.3, -0.25) is 9.59 Å². The number of aromatic nitrogens is 1. The number of aliphatic hydroxyl groups is 1. The minimum atomic E-state index is -0.793. The molecule has 0 aliphatic carbocycles. The van der Waals surface area contributed by atoms with Crippen LogP contribution in [0.3, 0.4) is 0 Å². The number of nitrogens with one attached hydrogen (secondary N) is 3. The second-order valence-electron chi connectivity index (χ2n) is 7.14. The van der Waals surface area contributed by atoms with Crippen molar-refractivity contribution in [2.24, 2.45) is 0 Å². The van der Waals surface area contributed by atoms with Crippen LogP contribution < -0.4 is 15.4 Å². The number of H-pyrrole nitrogens is 1. The van der Waals surface area contributed by atoms with E-state index in [0.717, 1.165) is 0 Å². The molecule has 176 valence electrons. The van der Waals surface area contributed by atoms with E-state index in [2.05, 4.69) is 15.6 Å². The van der Waals surface area contributed by atoms with E-state index >= 15 is 4.39 Å². The predicted octanol–water partition coefficient (Wildman–Crippen LogP) is 4.09. The molecule has 1 aromatic heterocycles. The third-order valence-electron chi connectivity index (χ3n) is 4.67. The number of hydrogen-bond donors (Lipinski definition) is 4. The molecular formula is C23H19Cl2FN4O4. The van der Waals surface area contributed by atoms with Crippen LogP contribution in [0.25, 0.3) is 0 Å².